The van der Waals surface area contributed by atoms with Gasteiger partial charge in [-0.2, -0.15) is 0 Å². The van der Waals surface area contributed by atoms with Crippen molar-refractivity contribution in [1.82, 2.24) is 14.9 Å². The van der Waals surface area contributed by atoms with Gasteiger partial charge < -0.3 is 16.0 Å². The Morgan fingerprint density at radius 2 is 1.82 bits per heavy atom. The van der Waals surface area contributed by atoms with Crippen LogP contribution in [0.2, 0.25) is 0 Å². The van der Waals surface area contributed by atoms with Crippen LogP contribution in [0.1, 0.15) is 25.8 Å². The Kier molecular flexibility index (Phi) is 7.75. The molecule has 34 heavy (non-hydrogen) atoms. The highest BCUT2D eigenvalue weighted by atomic mass is 16.1. The Hall–Kier alpha value is -3.45. The van der Waals surface area contributed by atoms with Gasteiger partial charge in [0.1, 0.15) is 0 Å². The van der Waals surface area contributed by atoms with Crippen LogP contribution in [0.15, 0.2) is 60.8 Å². The van der Waals surface area contributed by atoms with Gasteiger partial charge >= 0.3 is 0 Å². The Balaban J connectivity index is 1.39. The third-order valence-electron chi connectivity index (χ3n) is 6.15. The number of carbonyl (C=O) groups excluding carboxylic acids is 1. The van der Waals surface area contributed by atoms with Crippen molar-refractivity contribution in [3.63, 3.8) is 0 Å². The minimum absolute atomic E-state index is 0.236. The normalized spacial score (nSPS) is 14.4. The number of hydrogen-bond acceptors (Lipinski definition) is 6. The van der Waals surface area contributed by atoms with Crippen LogP contribution in [-0.2, 0) is 11.2 Å². The Morgan fingerprint density at radius 1 is 1.06 bits per heavy atom. The van der Waals surface area contributed by atoms with E-state index in [4.69, 9.17) is 5.73 Å². The van der Waals surface area contributed by atoms with Crippen LogP contribution in [0.4, 0.5) is 17.3 Å². The second-order valence-electron chi connectivity index (χ2n) is 9.29. The van der Waals surface area contributed by atoms with Crippen LogP contribution in [-0.4, -0.2) is 53.5 Å². The molecule has 1 aromatic heterocycles. The van der Waals surface area contributed by atoms with E-state index in [9.17, 15) is 4.79 Å². The zero-order valence-corrected chi connectivity index (χ0v) is 20.1. The fraction of sp³-hybridized carbons (Fsp3) is 0.370. The molecule has 2 heterocycles. The first-order chi connectivity index (χ1) is 16.5. The lowest BCUT2D eigenvalue weighted by Crippen LogP contribution is -2.46. The van der Waals surface area contributed by atoms with Crippen LogP contribution in [0.3, 0.4) is 0 Å². The number of primary amides is 1. The maximum Gasteiger partial charge on any atom is 0.227 e. The second kappa shape index (κ2) is 11.1. The summed E-state index contributed by atoms with van der Waals surface area (Å²) in [6.07, 6.45) is 3.25. The highest BCUT2D eigenvalue weighted by Gasteiger charge is 2.17. The number of amides is 1. The number of carbonyl (C=O) groups is 1. The SMILES string of the molecule is CC(C)CCN1CCN(c2cccc(Nc3nccc(-c4ccc(CC(N)=O)cc4)n3)c2)CC1. The number of nitrogens with one attached hydrogen (secondary N) is 1. The maximum atomic E-state index is 11.1. The Labute approximate surface area is 202 Å². The molecule has 1 saturated heterocycles. The zero-order valence-electron chi connectivity index (χ0n) is 20.1. The average molecular weight is 459 g/mol. The van der Waals surface area contributed by atoms with E-state index in [2.05, 4.69) is 57.1 Å². The summed E-state index contributed by atoms with van der Waals surface area (Å²) < 4.78 is 0. The number of aromatic nitrogens is 2. The monoisotopic (exact) mass is 458 g/mol. The third kappa shape index (κ3) is 6.54. The fourth-order valence-corrected chi connectivity index (χ4v) is 4.15. The van der Waals surface area contributed by atoms with E-state index >= 15 is 0 Å². The van der Waals surface area contributed by atoms with Crippen molar-refractivity contribution in [3.05, 3.63) is 66.4 Å². The molecule has 1 aliphatic heterocycles. The summed E-state index contributed by atoms with van der Waals surface area (Å²) in [5.41, 5.74) is 10.1. The first-order valence-corrected chi connectivity index (χ1v) is 12.0. The predicted octanol–water partition coefficient (Wildman–Crippen LogP) is 4.08. The molecule has 0 bridgehead atoms. The number of nitrogens with two attached hydrogens (primary N) is 1. The first-order valence-electron chi connectivity index (χ1n) is 12.0. The van der Waals surface area contributed by atoms with Crippen LogP contribution in [0, 0.1) is 5.92 Å². The average Bonchev–Trinajstić information content (AvgIpc) is 2.83. The molecule has 7 heteroatoms. The first kappa shape index (κ1) is 23.7. The van der Waals surface area contributed by atoms with Gasteiger partial charge in [0.25, 0.3) is 0 Å². The third-order valence-corrected chi connectivity index (χ3v) is 6.15. The van der Waals surface area contributed by atoms with E-state index in [1.54, 1.807) is 6.20 Å². The molecular formula is C27H34N6O. The van der Waals surface area contributed by atoms with Crippen LogP contribution < -0.4 is 16.0 Å². The number of nitrogens with zero attached hydrogens (tertiary/aromatic N) is 4. The molecule has 3 aromatic rings. The van der Waals surface area contributed by atoms with Gasteiger partial charge in [0.15, 0.2) is 0 Å². The molecule has 1 aliphatic rings. The molecule has 2 aromatic carbocycles. The number of rotatable bonds is 9. The minimum atomic E-state index is -0.337. The number of hydrogen-bond donors (Lipinski definition) is 2. The molecule has 178 valence electrons. The van der Waals surface area contributed by atoms with E-state index in [0.29, 0.717) is 5.95 Å². The van der Waals surface area contributed by atoms with Crippen molar-refractivity contribution in [2.75, 3.05) is 42.9 Å². The lowest BCUT2D eigenvalue weighted by Gasteiger charge is -2.36. The maximum absolute atomic E-state index is 11.1. The molecule has 0 aliphatic carbocycles. The molecule has 0 atom stereocenters. The molecule has 1 fully saturated rings. The van der Waals surface area contributed by atoms with Crippen molar-refractivity contribution in [2.45, 2.75) is 26.7 Å². The van der Waals surface area contributed by atoms with Gasteiger partial charge in [-0.15, -0.1) is 0 Å². The number of benzene rings is 2. The summed E-state index contributed by atoms with van der Waals surface area (Å²) >= 11 is 0. The van der Waals surface area contributed by atoms with Gasteiger partial charge in [-0.1, -0.05) is 44.2 Å². The molecule has 1 amide bonds. The summed E-state index contributed by atoms with van der Waals surface area (Å²) in [5, 5.41) is 3.35. The smallest absolute Gasteiger partial charge is 0.227 e. The molecule has 3 N–H and O–H groups in total. The zero-order chi connectivity index (χ0) is 23.9. The quantitative estimate of drug-likeness (QED) is 0.502. The number of anilines is 3. The summed E-state index contributed by atoms with van der Waals surface area (Å²) in [5.74, 6) is 0.966. The van der Waals surface area contributed by atoms with Crippen LogP contribution >= 0.6 is 0 Å². The molecule has 0 unspecified atom stereocenters. The molecule has 0 spiro atoms. The van der Waals surface area contributed by atoms with Crippen LogP contribution in [0.5, 0.6) is 0 Å². The van der Waals surface area contributed by atoms with Crippen molar-refractivity contribution < 1.29 is 4.79 Å². The molecule has 4 rings (SSSR count). The van der Waals surface area contributed by atoms with Gasteiger partial charge in [0.2, 0.25) is 11.9 Å². The van der Waals surface area contributed by atoms with Crippen molar-refractivity contribution in [1.29, 1.82) is 0 Å². The summed E-state index contributed by atoms with van der Waals surface area (Å²) in [7, 11) is 0. The lowest BCUT2D eigenvalue weighted by molar-refractivity contribution is -0.117. The summed E-state index contributed by atoms with van der Waals surface area (Å²) in [4.78, 5) is 25.2. The topological polar surface area (TPSA) is 87.4 Å². The largest absolute Gasteiger partial charge is 0.369 e. The summed E-state index contributed by atoms with van der Waals surface area (Å²) in [6.45, 7) is 10.1. The number of piperazine rings is 1. The van der Waals surface area contributed by atoms with Crippen molar-refractivity contribution >= 4 is 23.2 Å². The van der Waals surface area contributed by atoms with E-state index in [1.165, 1.54) is 18.7 Å². The highest BCUT2D eigenvalue weighted by molar-refractivity contribution is 5.77. The van der Waals surface area contributed by atoms with Gasteiger partial charge in [-0.05, 0) is 48.7 Å². The predicted molar refractivity (Wildman–Crippen MR) is 138 cm³/mol. The second-order valence-corrected chi connectivity index (χ2v) is 9.29. The molecular weight excluding hydrogens is 424 g/mol. The van der Waals surface area contributed by atoms with Gasteiger partial charge in [0, 0.05) is 49.3 Å². The van der Waals surface area contributed by atoms with E-state index in [1.807, 2.05) is 36.4 Å². The molecule has 7 nitrogen and oxygen atoms in total. The Morgan fingerprint density at radius 3 is 2.53 bits per heavy atom. The van der Waals surface area contributed by atoms with Gasteiger partial charge in [-0.3, -0.25) is 9.69 Å². The fourth-order valence-electron chi connectivity index (χ4n) is 4.15. The summed E-state index contributed by atoms with van der Waals surface area (Å²) in [6, 6.07) is 18.0. The Bertz CT molecular complexity index is 1090. The molecule has 0 saturated carbocycles. The van der Waals surface area contributed by atoms with E-state index in [-0.39, 0.29) is 12.3 Å². The molecule has 0 radical (unpaired) electrons. The van der Waals surface area contributed by atoms with Crippen molar-refractivity contribution in [2.24, 2.45) is 11.7 Å². The standard InChI is InChI=1S/C27H34N6O/c1-20(2)11-13-32-14-16-33(17-15-32)24-5-3-4-23(19-24)30-27-29-12-10-25(31-27)22-8-6-21(7-9-22)18-26(28)34/h3-10,12,19-20H,11,13-18H2,1-2H3,(H2,28,34)(H,29,30,31). The van der Waals surface area contributed by atoms with Gasteiger partial charge in [0.05, 0.1) is 12.1 Å². The minimum Gasteiger partial charge on any atom is -0.369 e. The van der Waals surface area contributed by atoms with E-state index in [0.717, 1.165) is 54.6 Å². The van der Waals surface area contributed by atoms with Crippen molar-refractivity contribution in [3.8, 4) is 11.3 Å². The van der Waals surface area contributed by atoms with E-state index < -0.39 is 0 Å². The van der Waals surface area contributed by atoms with Gasteiger partial charge in [-0.25, -0.2) is 9.97 Å². The lowest BCUT2D eigenvalue weighted by atomic mass is 10.1. The highest BCUT2D eigenvalue weighted by Crippen LogP contribution is 2.24. The van der Waals surface area contributed by atoms with Crippen LogP contribution in [0.25, 0.3) is 11.3 Å².